The van der Waals surface area contributed by atoms with Gasteiger partial charge >= 0.3 is 0 Å². The largest absolute Gasteiger partial charge is 0.307 e. The van der Waals surface area contributed by atoms with Gasteiger partial charge in [0.05, 0.1) is 17.9 Å². The molecular formula is C9H13N5. The third-order valence-corrected chi connectivity index (χ3v) is 2.02. The Hall–Kier alpha value is -1.49. The van der Waals surface area contributed by atoms with Crippen LogP contribution in [0.25, 0.3) is 0 Å². The van der Waals surface area contributed by atoms with E-state index >= 15 is 0 Å². The van der Waals surface area contributed by atoms with Gasteiger partial charge < -0.3 is 5.43 Å². The van der Waals surface area contributed by atoms with Crippen LogP contribution >= 0.6 is 0 Å². The zero-order chi connectivity index (χ0) is 9.97. The maximum atomic E-state index is 5.37. The fourth-order valence-corrected chi connectivity index (χ4v) is 1.08. The number of rotatable bonds is 2. The molecule has 1 aliphatic carbocycles. The fourth-order valence-electron chi connectivity index (χ4n) is 1.08. The van der Waals surface area contributed by atoms with E-state index in [-0.39, 0.29) is 0 Å². The van der Waals surface area contributed by atoms with E-state index in [2.05, 4.69) is 20.4 Å². The molecule has 1 aliphatic rings. The Labute approximate surface area is 82.4 Å². The number of amidine groups is 1. The third-order valence-electron chi connectivity index (χ3n) is 2.02. The number of hydrazine groups is 1. The zero-order valence-electron chi connectivity index (χ0n) is 8.07. The summed E-state index contributed by atoms with van der Waals surface area (Å²) < 4.78 is 0. The molecule has 0 amide bonds. The zero-order valence-corrected chi connectivity index (χ0v) is 8.07. The van der Waals surface area contributed by atoms with Gasteiger partial charge in [0.25, 0.3) is 0 Å². The van der Waals surface area contributed by atoms with Crippen molar-refractivity contribution in [3.8, 4) is 0 Å². The van der Waals surface area contributed by atoms with E-state index in [9.17, 15) is 0 Å². The lowest BCUT2D eigenvalue weighted by Crippen LogP contribution is -2.32. The first-order valence-electron chi connectivity index (χ1n) is 4.63. The Morgan fingerprint density at radius 3 is 2.79 bits per heavy atom. The van der Waals surface area contributed by atoms with Gasteiger partial charge in [-0.1, -0.05) is 0 Å². The van der Waals surface area contributed by atoms with Crippen LogP contribution in [0.15, 0.2) is 17.4 Å². The number of nitrogens with two attached hydrogens (primary N) is 1. The first-order chi connectivity index (χ1) is 6.79. The molecule has 0 radical (unpaired) electrons. The minimum absolute atomic E-state index is 0.421. The Morgan fingerprint density at radius 2 is 2.29 bits per heavy atom. The Kier molecular flexibility index (Phi) is 2.41. The van der Waals surface area contributed by atoms with Crippen LogP contribution in [-0.4, -0.2) is 21.8 Å². The summed E-state index contributed by atoms with van der Waals surface area (Å²) >= 11 is 0. The second-order valence-corrected chi connectivity index (χ2v) is 3.40. The molecule has 3 N–H and O–H groups in total. The van der Waals surface area contributed by atoms with Gasteiger partial charge in [-0.15, -0.1) is 0 Å². The third kappa shape index (κ3) is 2.05. The Bertz CT molecular complexity index is 339. The Morgan fingerprint density at radius 1 is 1.50 bits per heavy atom. The van der Waals surface area contributed by atoms with E-state index in [0.717, 1.165) is 18.5 Å². The number of aromatic nitrogens is 2. The SMILES string of the molecule is Cc1cnc(C(=NC2CC2)NN)cn1. The van der Waals surface area contributed by atoms with Gasteiger partial charge in [-0.2, -0.15) is 0 Å². The highest BCUT2D eigenvalue weighted by molar-refractivity contribution is 5.96. The highest BCUT2D eigenvalue weighted by Crippen LogP contribution is 2.23. The molecule has 0 atom stereocenters. The smallest absolute Gasteiger partial charge is 0.163 e. The van der Waals surface area contributed by atoms with Gasteiger partial charge in [0.2, 0.25) is 0 Å². The van der Waals surface area contributed by atoms with E-state index in [1.165, 1.54) is 0 Å². The molecule has 1 saturated carbocycles. The molecule has 5 nitrogen and oxygen atoms in total. The summed E-state index contributed by atoms with van der Waals surface area (Å²) in [5.74, 6) is 6.00. The molecule has 0 spiro atoms. The molecule has 0 saturated heterocycles. The monoisotopic (exact) mass is 191 g/mol. The van der Waals surface area contributed by atoms with E-state index < -0.39 is 0 Å². The molecule has 1 fully saturated rings. The van der Waals surface area contributed by atoms with E-state index in [1.807, 2.05) is 6.92 Å². The maximum Gasteiger partial charge on any atom is 0.163 e. The van der Waals surface area contributed by atoms with Crippen molar-refractivity contribution < 1.29 is 0 Å². The van der Waals surface area contributed by atoms with Gasteiger partial charge in [-0.05, 0) is 19.8 Å². The molecular weight excluding hydrogens is 178 g/mol. The predicted molar refractivity (Wildman–Crippen MR) is 53.7 cm³/mol. The average Bonchev–Trinajstić information content (AvgIpc) is 3.00. The molecule has 2 rings (SSSR count). The standard InChI is InChI=1S/C9H13N5/c1-6-4-12-8(5-11-6)9(14-10)13-7-2-3-7/h4-5,7H,2-3,10H2,1H3,(H,13,14). The van der Waals surface area contributed by atoms with Crippen LogP contribution in [0.5, 0.6) is 0 Å². The molecule has 0 bridgehead atoms. The lowest BCUT2D eigenvalue weighted by atomic mass is 10.4. The van der Waals surface area contributed by atoms with Crippen LogP contribution in [0, 0.1) is 6.92 Å². The average molecular weight is 191 g/mol. The van der Waals surface area contributed by atoms with Gasteiger partial charge in [0.1, 0.15) is 5.69 Å². The van der Waals surface area contributed by atoms with Crippen molar-refractivity contribution in [2.45, 2.75) is 25.8 Å². The van der Waals surface area contributed by atoms with Gasteiger partial charge in [-0.25, -0.2) is 10.8 Å². The summed E-state index contributed by atoms with van der Waals surface area (Å²) in [7, 11) is 0. The van der Waals surface area contributed by atoms with Gasteiger partial charge in [-0.3, -0.25) is 9.98 Å². The van der Waals surface area contributed by atoms with Crippen LogP contribution in [0.2, 0.25) is 0 Å². The molecule has 1 aromatic rings. The van der Waals surface area contributed by atoms with Crippen LogP contribution in [0.4, 0.5) is 0 Å². The number of nitrogens with zero attached hydrogens (tertiary/aromatic N) is 3. The summed E-state index contributed by atoms with van der Waals surface area (Å²) in [6, 6.07) is 0.421. The summed E-state index contributed by atoms with van der Waals surface area (Å²) in [4.78, 5) is 12.7. The van der Waals surface area contributed by atoms with Crippen molar-refractivity contribution >= 4 is 5.84 Å². The molecule has 0 aromatic carbocycles. The second kappa shape index (κ2) is 3.71. The topological polar surface area (TPSA) is 76.2 Å². The van der Waals surface area contributed by atoms with Crippen molar-refractivity contribution in [1.82, 2.24) is 15.4 Å². The van der Waals surface area contributed by atoms with Crippen molar-refractivity contribution in [1.29, 1.82) is 0 Å². The lowest BCUT2D eigenvalue weighted by molar-refractivity contribution is 0.954. The van der Waals surface area contributed by atoms with Crippen LogP contribution in [-0.2, 0) is 0 Å². The summed E-state index contributed by atoms with van der Waals surface area (Å²) in [6.07, 6.45) is 5.67. The minimum atomic E-state index is 0.421. The predicted octanol–water partition coefficient (Wildman–Crippen LogP) is 0.157. The molecule has 1 heterocycles. The Balaban J connectivity index is 2.22. The van der Waals surface area contributed by atoms with E-state index in [4.69, 9.17) is 5.84 Å². The van der Waals surface area contributed by atoms with Crippen LogP contribution in [0.1, 0.15) is 24.2 Å². The van der Waals surface area contributed by atoms with Crippen molar-refractivity contribution in [3.05, 3.63) is 23.8 Å². The second-order valence-electron chi connectivity index (χ2n) is 3.40. The molecule has 5 heteroatoms. The number of nitrogens with one attached hydrogen (secondary N) is 1. The molecule has 0 unspecified atom stereocenters. The van der Waals surface area contributed by atoms with Crippen molar-refractivity contribution in [2.75, 3.05) is 0 Å². The molecule has 1 aromatic heterocycles. The van der Waals surface area contributed by atoms with E-state index in [0.29, 0.717) is 17.6 Å². The number of aliphatic imine (C=N–C) groups is 1. The van der Waals surface area contributed by atoms with Crippen LogP contribution in [0.3, 0.4) is 0 Å². The fraction of sp³-hybridized carbons (Fsp3) is 0.444. The number of hydrogen-bond donors (Lipinski definition) is 2. The number of aryl methyl sites for hydroxylation is 1. The highest BCUT2D eigenvalue weighted by atomic mass is 15.3. The first-order valence-corrected chi connectivity index (χ1v) is 4.63. The van der Waals surface area contributed by atoms with Crippen molar-refractivity contribution in [3.63, 3.8) is 0 Å². The minimum Gasteiger partial charge on any atom is -0.307 e. The van der Waals surface area contributed by atoms with E-state index in [1.54, 1.807) is 12.4 Å². The number of hydrogen-bond acceptors (Lipinski definition) is 4. The quantitative estimate of drug-likeness (QED) is 0.302. The van der Waals surface area contributed by atoms with Crippen molar-refractivity contribution in [2.24, 2.45) is 10.8 Å². The molecule has 74 valence electrons. The summed E-state index contributed by atoms with van der Waals surface area (Å²) in [5.41, 5.74) is 4.14. The molecule has 14 heavy (non-hydrogen) atoms. The van der Waals surface area contributed by atoms with Gasteiger partial charge in [0.15, 0.2) is 5.84 Å². The summed E-state index contributed by atoms with van der Waals surface area (Å²) in [5, 5.41) is 0. The first kappa shape index (κ1) is 9.08. The van der Waals surface area contributed by atoms with Gasteiger partial charge in [0, 0.05) is 6.20 Å². The maximum absolute atomic E-state index is 5.37. The lowest BCUT2D eigenvalue weighted by Gasteiger charge is -2.03. The highest BCUT2D eigenvalue weighted by Gasteiger charge is 2.21. The normalized spacial score (nSPS) is 16.9. The summed E-state index contributed by atoms with van der Waals surface area (Å²) in [6.45, 7) is 1.89. The van der Waals surface area contributed by atoms with Crippen LogP contribution < -0.4 is 11.3 Å². The molecule has 0 aliphatic heterocycles.